The van der Waals surface area contributed by atoms with Crippen molar-refractivity contribution in [2.45, 2.75) is 34.6 Å². The van der Waals surface area contributed by atoms with Gasteiger partial charge in [-0.1, -0.05) is 11.6 Å². The molecule has 1 heterocycles. The second-order valence-electron chi connectivity index (χ2n) is 4.96. The third kappa shape index (κ3) is 2.33. The Morgan fingerprint density at radius 3 is 2.16 bits per heavy atom. The van der Waals surface area contributed by atoms with E-state index in [2.05, 4.69) is 0 Å². The van der Waals surface area contributed by atoms with Crippen molar-refractivity contribution in [1.29, 1.82) is 0 Å². The van der Waals surface area contributed by atoms with E-state index in [-0.39, 0.29) is 5.78 Å². The summed E-state index contributed by atoms with van der Waals surface area (Å²) in [6, 6.07) is 3.68. The highest BCUT2D eigenvalue weighted by Gasteiger charge is 2.21. The van der Waals surface area contributed by atoms with E-state index >= 15 is 0 Å². The Labute approximate surface area is 118 Å². The molecule has 0 aliphatic heterocycles. The highest BCUT2D eigenvalue weighted by Crippen LogP contribution is 2.27. The van der Waals surface area contributed by atoms with Gasteiger partial charge >= 0.3 is 0 Å². The first-order valence-electron chi connectivity index (χ1n) is 6.21. The van der Waals surface area contributed by atoms with E-state index < -0.39 is 0 Å². The highest BCUT2D eigenvalue weighted by atomic mass is 35.5. The number of aryl methyl sites for hydroxylation is 4. The molecule has 0 N–H and O–H groups in total. The molecule has 0 spiro atoms. The number of halogens is 1. The predicted octanol–water partition coefficient (Wildman–Crippen LogP) is 4.71. The zero-order valence-corrected chi connectivity index (χ0v) is 12.6. The average Bonchev–Trinajstić information content (AvgIpc) is 2.57. The predicted molar refractivity (Wildman–Crippen MR) is 77.3 cm³/mol. The zero-order valence-electron chi connectivity index (χ0n) is 11.8. The summed E-state index contributed by atoms with van der Waals surface area (Å²) in [7, 11) is 0. The molecule has 0 atom stereocenters. The Kier molecular flexibility index (Phi) is 3.55. The largest absolute Gasteiger partial charge is 0.466 e. The maximum absolute atomic E-state index is 12.7. The third-order valence-corrected chi connectivity index (χ3v) is 3.95. The molecule has 0 saturated carbocycles. The monoisotopic (exact) mass is 276 g/mol. The molecule has 0 bridgehead atoms. The SMILES string of the molecule is Cc1cc(C(=O)c2c(C)oc(C)c2C)c(C)cc1Cl. The molecule has 3 heteroatoms. The van der Waals surface area contributed by atoms with Gasteiger partial charge in [0.2, 0.25) is 0 Å². The minimum Gasteiger partial charge on any atom is -0.466 e. The molecule has 0 amide bonds. The van der Waals surface area contributed by atoms with Crippen LogP contribution in [0.4, 0.5) is 0 Å². The normalized spacial score (nSPS) is 10.8. The first kappa shape index (κ1) is 13.9. The van der Waals surface area contributed by atoms with Gasteiger partial charge in [0, 0.05) is 16.1 Å². The molecule has 0 aliphatic carbocycles. The molecule has 19 heavy (non-hydrogen) atoms. The average molecular weight is 277 g/mol. The van der Waals surface area contributed by atoms with E-state index in [1.807, 2.05) is 46.8 Å². The van der Waals surface area contributed by atoms with Crippen LogP contribution in [0.2, 0.25) is 5.02 Å². The van der Waals surface area contributed by atoms with E-state index in [0.29, 0.717) is 21.9 Å². The van der Waals surface area contributed by atoms with Gasteiger partial charge in [-0.25, -0.2) is 0 Å². The lowest BCUT2D eigenvalue weighted by Gasteiger charge is -2.08. The molecule has 1 aromatic carbocycles. The molecule has 0 fully saturated rings. The molecule has 2 aromatic rings. The number of furan rings is 1. The Morgan fingerprint density at radius 2 is 1.63 bits per heavy atom. The summed E-state index contributed by atoms with van der Waals surface area (Å²) < 4.78 is 5.53. The number of ketones is 1. The number of carbonyl (C=O) groups is 1. The Morgan fingerprint density at radius 1 is 1.00 bits per heavy atom. The van der Waals surface area contributed by atoms with Crippen molar-refractivity contribution in [1.82, 2.24) is 0 Å². The standard InChI is InChI=1S/C16H17ClO2/c1-8-7-14(17)9(2)6-13(8)16(18)15-10(3)11(4)19-12(15)5/h6-7H,1-5H3. The molecule has 0 saturated heterocycles. The van der Waals surface area contributed by atoms with Crippen LogP contribution in [0, 0.1) is 34.6 Å². The van der Waals surface area contributed by atoms with Gasteiger partial charge in [-0.3, -0.25) is 4.79 Å². The molecule has 2 nitrogen and oxygen atoms in total. The van der Waals surface area contributed by atoms with E-state index in [9.17, 15) is 4.79 Å². The second kappa shape index (κ2) is 4.86. The van der Waals surface area contributed by atoms with Crippen LogP contribution >= 0.6 is 11.6 Å². The highest BCUT2D eigenvalue weighted by molar-refractivity contribution is 6.31. The summed E-state index contributed by atoms with van der Waals surface area (Å²) in [6.07, 6.45) is 0. The minimum absolute atomic E-state index is 0.00381. The van der Waals surface area contributed by atoms with Crippen molar-refractivity contribution in [2.75, 3.05) is 0 Å². The lowest BCUT2D eigenvalue weighted by Crippen LogP contribution is -2.06. The lowest BCUT2D eigenvalue weighted by atomic mass is 9.95. The second-order valence-corrected chi connectivity index (χ2v) is 5.37. The van der Waals surface area contributed by atoms with Crippen LogP contribution in [0.5, 0.6) is 0 Å². The first-order chi connectivity index (χ1) is 8.82. The van der Waals surface area contributed by atoms with Gasteiger partial charge in [-0.05, 0) is 57.9 Å². The van der Waals surface area contributed by atoms with Crippen molar-refractivity contribution in [2.24, 2.45) is 0 Å². The summed E-state index contributed by atoms with van der Waals surface area (Å²) in [5.41, 5.74) is 4.06. The van der Waals surface area contributed by atoms with Gasteiger partial charge < -0.3 is 4.42 Å². The fourth-order valence-corrected chi connectivity index (χ4v) is 2.51. The van der Waals surface area contributed by atoms with Crippen molar-refractivity contribution in [3.8, 4) is 0 Å². The van der Waals surface area contributed by atoms with Gasteiger partial charge in [0.15, 0.2) is 5.78 Å². The Hall–Kier alpha value is -1.54. The molecule has 0 aliphatic rings. The number of carbonyl (C=O) groups excluding carboxylic acids is 1. The van der Waals surface area contributed by atoms with Gasteiger partial charge in [0.05, 0.1) is 5.56 Å². The van der Waals surface area contributed by atoms with Crippen molar-refractivity contribution >= 4 is 17.4 Å². The summed E-state index contributed by atoms with van der Waals surface area (Å²) >= 11 is 6.07. The van der Waals surface area contributed by atoms with Crippen LogP contribution in [0.15, 0.2) is 16.5 Å². The minimum atomic E-state index is 0.00381. The summed E-state index contributed by atoms with van der Waals surface area (Å²) in [5, 5.41) is 0.686. The Balaban J connectivity index is 2.59. The van der Waals surface area contributed by atoms with E-state index in [4.69, 9.17) is 16.0 Å². The quantitative estimate of drug-likeness (QED) is 0.744. The molecule has 0 radical (unpaired) electrons. The maximum Gasteiger partial charge on any atom is 0.197 e. The number of hydrogen-bond donors (Lipinski definition) is 0. The number of rotatable bonds is 2. The summed E-state index contributed by atoms with van der Waals surface area (Å²) in [5.74, 6) is 1.47. The van der Waals surface area contributed by atoms with Crippen molar-refractivity contribution < 1.29 is 9.21 Å². The number of hydrogen-bond acceptors (Lipinski definition) is 2. The Bertz CT molecular complexity index is 666. The fourth-order valence-electron chi connectivity index (χ4n) is 2.29. The summed E-state index contributed by atoms with van der Waals surface area (Å²) in [4.78, 5) is 12.7. The fraction of sp³-hybridized carbons (Fsp3) is 0.312. The van der Waals surface area contributed by atoms with Crippen LogP contribution in [0.25, 0.3) is 0 Å². The van der Waals surface area contributed by atoms with Crippen LogP contribution in [-0.2, 0) is 0 Å². The van der Waals surface area contributed by atoms with Crippen molar-refractivity contribution in [3.05, 3.63) is 56.5 Å². The van der Waals surface area contributed by atoms with Gasteiger partial charge in [-0.15, -0.1) is 0 Å². The van der Waals surface area contributed by atoms with Crippen molar-refractivity contribution in [3.63, 3.8) is 0 Å². The zero-order chi connectivity index (χ0) is 14.3. The number of benzene rings is 1. The van der Waals surface area contributed by atoms with Crippen LogP contribution in [0.3, 0.4) is 0 Å². The van der Waals surface area contributed by atoms with E-state index in [1.54, 1.807) is 0 Å². The molecular weight excluding hydrogens is 260 g/mol. The molecule has 0 unspecified atom stereocenters. The van der Waals surface area contributed by atoms with Gasteiger partial charge in [0.1, 0.15) is 11.5 Å². The molecule has 2 rings (SSSR count). The molecular formula is C16H17ClO2. The first-order valence-corrected chi connectivity index (χ1v) is 6.58. The smallest absolute Gasteiger partial charge is 0.197 e. The summed E-state index contributed by atoms with van der Waals surface area (Å²) in [6.45, 7) is 9.41. The van der Waals surface area contributed by atoms with Crippen LogP contribution in [-0.4, -0.2) is 5.78 Å². The van der Waals surface area contributed by atoms with Gasteiger partial charge in [0.25, 0.3) is 0 Å². The molecule has 1 aromatic heterocycles. The lowest BCUT2D eigenvalue weighted by molar-refractivity contribution is 0.103. The van der Waals surface area contributed by atoms with Crippen LogP contribution in [0.1, 0.15) is 44.1 Å². The van der Waals surface area contributed by atoms with E-state index in [0.717, 1.165) is 22.5 Å². The molecule has 100 valence electrons. The third-order valence-electron chi connectivity index (χ3n) is 3.54. The van der Waals surface area contributed by atoms with Crippen LogP contribution < -0.4 is 0 Å². The van der Waals surface area contributed by atoms with E-state index in [1.165, 1.54) is 0 Å². The topological polar surface area (TPSA) is 30.2 Å². The maximum atomic E-state index is 12.7. The van der Waals surface area contributed by atoms with Gasteiger partial charge in [-0.2, -0.15) is 0 Å².